The first-order valence-electron chi connectivity index (χ1n) is 6.25. The van der Waals surface area contributed by atoms with E-state index in [1.165, 1.54) is 24.3 Å². The van der Waals surface area contributed by atoms with Crippen LogP contribution in [0, 0.1) is 21.4 Å². The second-order valence-corrected chi connectivity index (χ2v) is 4.44. The molecule has 0 unspecified atom stereocenters. The number of carbonyl (C=O) groups excluding carboxylic acids is 1. The molecule has 0 bridgehead atoms. The first kappa shape index (κ1) is 15.7. The number of nitrogens with one attached hydrogen (secondary N) is 1. The lowest BCUT2D eigenvalue weighted by atomic mass is 10.1. The largest absolute Gasteiger partial charge is 0.478 e. The van der Waals surface area contributed by atoms with E-state index in [-0.39, 0.29) is 16.8 Å². The summed E-state index contributed by atoms with van der Waals surface area (Å²) in [6.07, 6.45) is 0. The number of amides is 1. The van der Waals surface area contributed by atoms with Gasteiger partial charge in [0.2, 0.25) is 0 Å². The Bertz CT molecular complexity index is 837. The minimum atomic E-state index is -1.37. The lowest BCUT2D eigenvalue weighted by molar-refractivity contribution is -0.384. The Kier molecular flexibility index (Phi) is 4.33. The van der Waals surface area contributed by atoms with Gasteiger partial charge in [-0.15, -0.1) is 0 Å². The van der Waals surface area contributed by atoms with Gasteiger partial charge in [0.15, 0.2) is 0 Å². The second-order valence-electron chi connectivity index (χ2n) is 4.44. The molecular formula is C15H9N3O5. The maximum atomic E-state index is 12.2. The number of carbonyl (C=O) groups is 2. The van der Waals surface area contributed by atoms with Crippen molar-refractivity contribution in [3.05, 3.63) is 69.3 Å². The first-order valence-corrected chi connectivity index (χ1v) is 6.25. The summed E-state index contributed by atoms with van der Waals surface area (Å²) in [5.74, 6) is -2.17. The number of non-ortho nitro benzene ring substituents is 1. The van der Waals surface area contributed by atoms with Crippen LogP contribution in [0.15, 0.2) is 42.5 Å². The molecule has 0 atom stereocenters. The smallest absolute Gasteiger partial charge is 0.336 e. The highest BCUT2D eigenvalue weighted by Gasteiger charge is 2.20. The Morgan fingerprint density at radius 1 is 1.13 bits per heavy atom. The van der Waals surface area contributed by atoms with E-state index in [1.54, 1.807) is 0 Å². The minimum absolute atomic E-state index is 0.323. The molecule has 2 aromatic carbocycles. The molecule has 0 aromatic heterocycles. The third-order valence-corrected chi connectivity index (χ3v) is 2.96. The summed E-state index contributed by atoms with van der Waals surface area (Å²) in [4.78, 5) is 33.4. The van der Waals surface area contributed by atoms with Crippen LogP contribution >= 0.6 is 0 Å². The molecule has 0 saturated carbocycles. The van der Waals surface area contributed by atoms with Gasteiger partial charge in [0, 0.05) is 17.8 Å². The monoisotopic (exact) mass is 311 g/mol. The van der Waals surface area contributed by atoms with Crippen LogP contribution in [0.25, 0.3) is 0 Å². The molecule has 0 aliphatic heterocycles. The van der Waals surface area contributed by atoms with Gasteiger partial charge >= 0.3 is 5.97 Å². The van der Waals surface area contributed by atoms with Gasteiger partial charge < -0.3 is 10.4 Å². The Labute approximate surface area is 129 Å². The zero-order chi connectivity index (χ0) is 17.0. The third kappa shape index (κ3) is 3.48. The fraction of sp³-hybridized carbons (Fsp3) is 0. The summed E-state index contributed by atoms with van der Waals surface area (Å²) in [6.45, 7) is 0. The average Bonchev–Trinajstić information content (AvgIpc) is 2.54. The van der Waals surface area contributed by atoms with Gasteiger partial charge in [-0.1, -0.05) is 0 Å². The SMILES string of the molecule is N#Cc1ccc(NC(=O)c2cc([N+](=O)[O-])ccc2C(=O)O)cc1. The molecule has 23 heavy (non-hydrogen) atoms. The number of hydrogen-bond donors (Lipinski definition) is 2. The van der Waals surface area contributed by atoms with E-state index in [2.05, 4.69) is 5.32 Å². The summed E-state index contributed by atoms with van der Waals surface area (Å²) in [5.41, 5.74) is -0.334. The topological polar surface area (TPSA) is 133 Å². The predicted molar refractivity (Wildman–Crippen MR) is 79.2 cm³/mol. The van der Waals surface area contributed by atoms with E-state index < -0.39 is 16.8 Å². The van der Waals surface area contributed by atoms with Crippen LogP contribution in [0.4, 0.5) is 11.4 Å². The molecule has 0 fully saturated rings. The van der Waals surface area contributed by atoms with E-state index >= 15 is 0 Å². The van der Waals surface area contributed by atoms with Gasteiger partial charge in [-0.2, -0.15) is 5.26 Å². The van der Waals surface area contributed by atoms with Crippen molar-refractivity contribution in [3.8, 4) is 6.07 Å². The number of hydrogen-bond acceptors (Lipinski definition) is 5. The van der Waals surface area contributed by atoms with Gasteiger partial charge in [-0.05, 0) is 30.3 Å². The molecule has 0 radical (unpaired) electrons. The average molecular weight is 311 g/mol. The molecule has 1 amide bonds. The van der Waals surface area contributed by atoms with Crippen molar-refractivity contribution in [2.75, 3.05) is 5.32 Å². The Balaban J connectivity index is 2.36. The molecule has 8 heteroatoms. The highest BCUT2D eigenvalue weighted by molar-refractivity contribution is 6.11. The van der Waals surface area contributed by atoms with Crippen LogP contribution in [0.2, 0.25) is 0 Å². The molecule has 0 aliphatic rings. The van der Waals surface area contributed by atoms with Gasteiger partial charge in [-0.25, -0.2) is 4.79 Å². The Hall–Kier alpha value is -3.73. The lowest BCUT2D eigenvalue weighted by Crippen LogP contribution is -2.16. The van der Waals surface area contributed by atoms with Crippen molar-refractivity contribution >= 4 is 23.3 Å². The summed E-state index contributed by atoms with van der Waals surface area (Å²) >= 11 is 0. The van der Waals surface area contributed by atoms with Crippen molar-refractivity contribution in [3.63, 3.8) is 0 Å². The molecule has 0 saturated heterocycles. The lowest BCUT2D eigenvalue weighted by Gasteiger charge is -2.08. The maximum Gasteiger partial charge on any atom is 0.336 e. The number of nitro groups is 1. The van der Waals surface area contributed by atoms with Crippen molar-refractivity contribution in [1.82, 2.24) is 0 Å². The fourth-order valence-corrected chi connectivity index (χ4v) is 1.85. The molecule has 114 valence electrons. The van der Waals surface area contributed by atoms with Crippen molar-refractivity contribution in [2.45, 2.75) is 0 Å². The van der Waals surface area contributed by atoms with E-state index in [1.807, 2.05) is 6.07 Å². The van der Waals surface area contributed by atoms with Crippen LogP contribution in [-0.4, -0.2) is 21.9 Å². The van der Waals surface area contributed by atoms with E-state index in [9.17, 15) is 19.7 Å². The zero-order valence-corrected chi connectivity index (χ0v) is 11.5. The van der Waals surface area contributed by atoms with Crippen molar-refractivity contribution < 1.29 is 19.6 Å². The molecule has 2 aromatic rings. The van der Waals surface area contributed by atoms with Crippen molar-refractivity contribution in [2.24, 2.45) is 0 Å². The molecule has 2 rings (SSSR count). The third-order valence-electron chi connectivity index (χ3n) is 2.96. The highest BCUT2D eigenvalue weighted by Crippen LogP contribution is 2.20. The number of nitrogens with zero attached hydrogens (tertiary/aromatic N) is 2. The molecular weight excluding hydrogens is 302 g/mol. The Morgan fingerprint density at radius 2 is 1.78 bits per heavy atom. The van der Waals surface area contributed by atoms with Crippen LogP contribution in [0.3, 0.4) is 0 Å². The first-order chi connectivity index (χ1) is 10.9. The second kappa shape index (κ2) is 6.36. The summed E-state index contributed by atoms with van der Waals surface area (Å²) in [6, 6.07) is 10.7. The molecule has 2 N–H and O–H groups in total. The van der Waals surface area contributed by atoms with Gasteiger partial charge in [0.25, 0.3) is 11.6 Å². The number of rotatable bonds is 4. The van der Waals surface area contributed by atoms with Gasteiger partial charge in [-0.3, -0.25) is 14.9 Å². The zero-order valence-electron chi connectivity index (χ0n) is 11.5. The highest BCUT2D eigenvalue weighted by atomic mass is 16.6. The summed E-state index contributed by atoms with van der Waals surface area (Å²) in [7, 11) is 0. The van der Waals surface area contributed by atoms with E-state index in [0.717, 1.165) is 18.2 Å². The number of aromatic carboxylic acids is 1. The number of nitriles is 1. The van der Waals surface area contributed by atoms with E-state index in [0.29, 0.717) is 11.3 Å². The van der Waals surface area contributed by atoms with Gasteiger partial charge in [0.1, 0.15) is 0 Å². The molecule has 0 heterocycles. The molecule has 0 aliphatic carbocycles. The normalized spacial score (nSPS) is 9.70. The van der Waals surface area contributed by atoms with Gasteiger partial charge in [0.05, 0.1) is 27.7 Å². The maximum absolute atomic E-state index is 12.2. The minimum Gasteiger partial charge on any atom is -0.478 e. The van der Waals surface area contributed by atoms with Crippen LogP contribution in [0.1, 0.15) is 26.3 Å². The number of benzene rings is 2. The predicted octanol–water partition coefficient (Wildman–Crippen LogP) is 2.42. The fourth-order valence-electron chi connectivity index (χ4n) is 1.85. The molecule has 0 spiro atoms. The number of carboxylic acids is 1. The molecule has 8 nitrogen and oxygen atoms in total. The van der Waals surface area contributed by atoms with Crippen LogP contribution in [0.5, 0.6) is 0 Å². The quantitative estimate of drug-likeness (QED) is 0.658. The van der Waals surface area contributed by atoms with Crippen LogP contribution < -0.4 is 5.32 Å². The Morgan fingerprint density at radius 3 is 2.30 bits per heavy atom. The summed E-state index contributed by atoms with van der Waals surface area (Å²) in [5, 5.41) is 31.0. The number of nitro benzene ring substituents is 1. The number of carboxylic acid groups (broad SMARTS) is 1. The number of anilines is 1. The standard InChI is InChI=1S/C15H9N3O5/c16-8-9-1-3-10(4-2-9)17-14(19)13-7-11(18(22)23)5-6-12(13)15(20)21/h1-7H,(H,17,19)(H,20,21). The summed E-state index contributed by atoms with van der Waals surface area (Å²) < 4.78 is 0. The van der Waals surface area contributed by atoms with E-state index in [4.69, 9.17) is 10.4 Å². The van der Waals surface area contributed by atoms with Crippen molar-refractivity contribution in [1.29, 1.82) is 5.26 Å². The van der Waals surface area contributed by atoms with Crippen LogP contribution in [-0.2, 0) is 0 Å².